The third kappa shape index (κ3) is 3.61. The van der Waals surface area contributed by atoms with E-state index >= 15 is 0 Å². The first-order valence-electron chi connectivity index (χ1n) is 6.45. The van der Waals surface area contributed by atoms with E-state index in [0.29, 0.717) is 12.1 Å². The normalized spacial score (nSPS) is 9.81. The molecule has 0 saturated heterocycles. The summed E-state index contributed by atoms with van der Waals surface area (Å²) >= 11 is 0. The Morgan fingerprint density at radius 1 is 1.43 bits per heavy atom. The van der Waals surface area contributed by atoms with Crippen molar-refractivity contribution in [1.29, 1.82) is 0 Å². The molecule has 0 atom stereocenters. The van der Waals surface area contributed by atoms with E-state index in [-0.39, 0.29) is 12.3 Å². The number of imidazole rings is 1. The summed E-state index contributed by atoms with van der Waals surface area (Å²) in [6, 6.07) is 5.37. The van der Waals surface area contributed by atoms with Gasteiger partial charge < -0.3 is 20.4 Å². The molecule has 1 heterocycles. The van der Waals surface area contributed by atoms with E-state index < -0.39 is 11.6 Å². The number of amides is 1. The molecule has 0 spiro atoms. The molecule has 2 aromatic rings. The lowest BCUT2D eigenvalue weighted by atomic mass is 10.1. The quantitative estimate of drug-likeness (QED) is 0.630. The van der Waals surface area contributed by atoms with Crippen LogP contribution in [0.2, 0.25) is 0 Å². The van der Waals surface area contributed by atoms with Gasteiger partial charge in [0, 0.05) is 17.4 Å². The van der Waals surface area contributed by atoms with E-state index in [1.54, 1.807) is 12.1 Å². The second-order valence-electron chi connectivity index (χ2n) is 4.30. The summed E-state index contributed by atoms with van der Waals surface area (Å²) in [5, 5.41) is 11.4. The summed E-state index contributed by atoms with van der Waals surface area (Å²) in [6.07, 6.45) is 2.04. The molecular weight excluding hydrogens is 270 g/mol. The first-order chi connectivity index (χ1) is 10.1. The highest BCUT2D eigenvalue weighted by atomic mass is 16.2. The molecule has 1 amide bonds. The lowest BCUT2D eigenvalue weighted by Crippen LogP contribution is -2.15. The van der Waals surface area contributed by atoms with Crippen molar-refractivity contribution in [1.82, 2.24) is 9.97 Å². The van der Waals surface area contributed by atoms with Crippen LogP contribution >= 0.6 is 0 Å². The number of rotatable bonds is 3. The third-order valence-electron chi connectivity index (χ3n) is 2.89. The maximum absolute atomic E-state index is 12.0. The van der Waals surface area contributed by atoms with Crippen molar-refractivity contribution >= 4 is 11.6 Å². The van der Waals surface area contributed by atoms with Gasteiger partial charge in [-0.3, -0.25) is 4.79 Å². The van der Waals surface area contributed by atoms with Crippen molar-refractivity contribution in [3.05, 3.63) is 51.7 Å². The van der Waals surface area contributed by atoms with Gasteiger partial charge in [-0.05, 0) is 30.2 Å². The molecule has 6 nitrogen and oxygen atoms in total. The van der Waals surface area contributed by atoms with Gasteiger partial charge in [0.25, 0.3) is 5.91 Å². The summed E-state index contributed by atoms with van der Waals surface area (Å²) < 4.78 is 0. The van der Waals surface area contributed by atoms with Crippen LogP contribution in [0.15, 0.2) is 29.2 Å². The largest absolute Gasteiger partial charge is 0.384 e. The fourth-order valence-corrected chi connectivity index (χ4v) is 1.87. The minimum atomic E-state index is -0.425. The van der Waals surface area contributed by atoms with Gasteiger partial charge in [-0.15, -0.1) is 0 Å². The molecule has 2 rings (SSSR count). The van der Waals surface area contributed by atoms with E-state index in [1.165, 1.54) is 6.20 Å². The second kappa shape index (κ2) is 6.59. The van der Waals surface area contributed by atoms with Crippen LogP contribution in [0.3, 0.4) is 0 Å². The van der Waals surface area contributed by atoms with Gasteiger partial charge in [0.05, 0.1) is 0 Å². The highest BCUT2D eigenvalue weighted by molar-refractivity contribution is 6.03. The van der Waals surface area contributed by atoms with E-state index in [2.05, 4.69) is 27.1 Å². The van der Waals surface area contributed by atoms with E-state index in [0.717, 1.165) is 11.1 Å². The average Bonchev–Trinajstić information content (AvgIpc) is 2.92. The molecule has 0 aliphatic heterocycles. The van der Waals surface area contributed by atoms with Crippen LogP contribution in [0.4, 0.5) is 5.69 Å². The average molecular weight is 285 g/mol. The topological polar surface area (TPSA) is 98.0 Å². The summed E-state index contributed by atoms with van der Waals surface area (Å²) in [6.45, 7) is 1.77. The summed E-state index contributed by atoms with van der Waals surface area (Å²) in [7, 11) is 0. The van der Waals surface area contributed by atoms with Crippen molar-refractivity contribution in [2.24, 2.45) is 0 Å². The summed E-state index contributed by atoms with van der Waals surface area (Å²) in [4.78, 5) is 27.8. The molecule has 0 bridgehead atoms. The summed E-state index contributed by atoms with van der Waals surface area (Å²) in [5.41, 5.74) is 2.11. The number of H-pyrrole nitrogens is 2. The number of carbonyl (C=O) groups is 1. The molecule has 108 valence electrons. The minimum Gasteiger partial charge on any atom is -0.384 e. The number of hydrogen-bond donors (Lipinski definition) is 4. The number of aryl methyl sites for hydroxylation is 1. The Morgan fingerprint density at radius 3 is 2.86 bits per heavy atom. The van der Waals surface area contributed by atoms with Crippen molar-refractivity contribution in [3.8, 4) is 11.8 Å². The molecular formula is C15H15N3O3. The Bertz CT molecular complexity index is 762. The van der Waals surface area contributed by atoms with Gasteiger partial charge in [0.15, 0.2) is 0 Å². The zero-order valence-electron chi connectivity index (χ0n) is 11.5. The molecule has 0 aliphatic rings. The van der Waals surface area contributed by atoms with E-state index in [1.807, 2.05) is 13.0 Å². The Balaban J connectivity index is 2.23. The molecule has 0 unspecified atom stereocenters. The fraction of sp³-hybridized carbons (Fsp3) is 0.200. The van der Waals surface area contributed by atoms with Gasteiger partial charge in [-0.1, -0.05) is 18.8 Å². The predicted molar refractivity (Wildman–Crippen MR) is 79.2 cm³/mol. The SMILES string of the molecule is CCc1cc(C#CCO)ccc1NC(=O)c1c[nH]c(=O)[nH]1. The molecule has 1 aromatic heterocycles. The van der Waals surface area contributed by atoms with Gasteiger partial charge in [-0.2, -0.15) is 0 Å². The first-order valence-corrected chi connectivity index (χ1v) is 6.45. The molecule has 1 aromatic carbocycles. The van der Waals surface area contributed by atoms with Gasteiger partial charge in [0.2, 0.25) is 0 Å². The number of aromatic nitrogens is 2. The monoisotopic (exact) mass is 285 g/mol. The Hall–Kier alpha value is -2.78. The fourth-order valence-electron chi connectivity index (χ4n) is 1.87. The Labute approximate surface area is 121 Å². The Morgan fingerprint density at radius 2 is 2.24 bits per heavy atom. The van der Waals surface area contributed by atoms with Crippen LogP contribution in [0.5, 0.6) is 0 Å². The minimum absolute atomic E-state index is 0.172. The first kappa shape index (κ1) is 14.6. The zero-order chi connectivity index (χ0) is 15.2. The van der Waals surface area contributed by atoms with Crippen LogP contribution in [-0.2, 0) is 6.42 Å². The molecule has 0 fully saturated rings. The van der Waals surface area contributed by atoms with Crippen LogP contribution < -0.4 is 11.0 Å². The van der Waals surface area contributed by atoms with E-state index in [4.69, 9.17) is 5.11 Å². The maximum Gasteiger partial charge on any atom is 0.323 e. The van der Waals surface area contributed by atoms with Crippen molar-refractivity contribution in [3.63, 3.8) is 0 Å². The molecule has 0 saturated carbocycles. The number of carbonyl (C=O) groups excluding carboxylic acids is 1. The maximum atomic E-state index is 12.0. The van der Waals surface area contributed by atoms with Crippen LogP contribution in [0.25, 0.3) is 0 Å². The number of anilines is 1. The van der Waals surface area contributed by atoms with Crippen molar-refractivity contribution < 1.29 is 9.90 Å². The van der Waals surface area contributed by atoms with Gasteiger partial charge in [0.1, 0.15) is 12.3 Å². The Kier molecular flexibility index (Phi) is 4.59. The number of benzene rings is 1. The number of aliphatic hydroxyl groups is 1. The van der Waals surface area contributed by atoms with Crippen molar-refractivity contribution in [2.45, 2.75) is 13.3 Å². The van der Waals surface area contributed by atoms with Crippen LogP contribution in [0, 0.1) is 11.8 Å². The predicted octanol–water partition coefficient (Wildman–Crippen LogP) is 0.861. The van der Waals surface area contributed by atoms with Gasteiger partial charge in [-0.25, -0.2) is 4.79 Å². The smallest absolute Gasteiger partial charge is 0.323 e. The zero-order valence-corrected chi connectivity index (χ0v) is 11.5. The highest BCUT2D eigenvalue weighted by Crippen LogP contribution is 2.18. The molecule has 0 radical (unpaired) electrons. The molecule has 6 heteroatoms. The number of aromatic amines is 2. The molecule has 0 aliphatic carbocycles. The molecule has 21 heavy (non-hydrogen) atoms. The number of aliphatic hydroxyl groups excluding tert-OH is 1. The summed E-state index contributed by atoms with van der Waals surface area (Å²) in [5.74, 6) is 5.01. The second-order valence-corrected chi connectivity index (χ2v) is 4.30. The van der Waals surface area contributed by atoms with Crippen molar-refractivity contribution in [2.75, 3.05) is 11.9 Å². The highest BCUT2D eigenvalue weighted by Gasteiger charge is 2.10. The van der Waals surface area contributed by atoms with E-state index in [9.17, 15) is 9.59 Å². The standard InChI is InChI=1S/C15H15N3O3/c1-2-11-8-10(4-3-7-19)5-6-12(11)17-14(20)13-9-16-15(21)18-13/h5-6,8-9,19H,2,7H2,1H3,(H,17,20)(H2,16,18,21). The third-order valence-corrected chi connectivity index (χ3v) is 2.89. The van der Waals surface area contributed by atoms with Crippen LogP contribution in [0.1, 0.15) is 28.5 Å². The van der Waals surface area contributed by atoms with Gasteiger partial charge >= 0.3 is 5.69 Å². The number of hydrogen-bond acceptors (Lipinski definition) is 3. The molecule has 4 N–H and O–H groups in total. The number of nitrogens with one attached hydrogen (secondary N) is 3. The van der Waals surface area contributed by atoms with Crippen LogP contribution in [-0.4, -0.2) is 27.6 Å². The lowest BCUT2D eigenvalue weighted by Gasteiger charge is -2.09. The lowest BCUT2D eigenvalue weighted by molar-refractivity contribution is 0.102.